The summed E-state index contributed by atoms with van der Waals surface area (Å²) < 4.78 is 13.3. The summed E-state index contributed by atoms with van der Waals surface area (Å²) in [5, 5.41) is 15.8. The molecule has 0 aliphatic rings. The van der Waals surface area contributed by atoms with Gasteiger partial charge in [-0.05, 0) is 0 Å². The summed E-state index contributed by atoms with van der Waals surface area (Å²) in [5.74, 6) is -0.753. The molecule has 20 heavy (non-hydrogen) atoms. The number of carbonyl (C=O) groups excluding carboxylic acids is 1. The van der Waals surface area contributed by atoms with Gasteiger partial charge in [-0.3, -0.25) is 10.1 Å². The van der Waals surface area contributed by atoms with E-state index in [0.29, 0.717) is 0 Å². The van der Waals surface area contributed by atoms with E-state index < -0.39 is 10.7 Å². The minimum Gasteiger partial charge on any atom is -0.378 e. The summed E-state index contributed by atoms with van der Waals surface area (Å²) >= 11 is 5.50. The van der Waals surface area contributed by atoms with Gasteiger partial charge in [-0.2, -0.15) is 0 Å². The topological polar surface area (TPSA) is 87.5 Å². The Morgan fingerprint density at radius 1 is 1.45 bits per heavy atom. The maximum absolute atomic E-state index is 13.3. The molecule has 0 saturated carbocycles. The van der Waals surface area contributed by atoms with Crippen LogP contribution in [0.3, 0.4) is 0 Å². The molecule has 0 bridgehead atoms. The van der Waals surface area contributed by atoms with Crippen molar-refractivity contribution in [2.45, 2.75) is 0 Å². The fraction of sp³-hybridized carbons (Fsp3) is 0.364. The standard InChI is InChI=1S/C11H14ClFN4O3/c1-16(2)11(18)15-4-3-14-9-6-8(13)7(12)5-10(9)17(19)20/h5-6,14H,3-4H2,1-2H3,(H,15,18). The molecular weight excluding hydrogens is 291 g/mol. The van der Waals surface area contributed by atoms with E-state index in [-0.39, 0.29) is 35.5 Å². The molecule has 0 saturated heterocycles. The van der Waals surface area contributed by atoms with Crippen LogP contribution in [0.25, 0.3) is 0 Å². The number of urea groups is 1. The molecule has 0 aliphatic carbocycles. The highest BCUT2D eigenvalue weighted by Gasteiger charge is 2.17. The van der Waals surface area contributed by atoms with Crippen LogP contribution in [0.4, 0.5) is 20.6 Å². The van der Waals surface area contributed by atoms with Crippen molar-refractivity contribution in [3.8, 4) is 0 Å². The first-order valence-electron chi connectivity index (χ1n) is 5.65. The summed E-state index contributed by atoms with van der Waals surface area (Å²) in [7, 11) is 3.17. The summed E-state index contributed by atoms with van der Waals surface area (Å²) in [6.07, 6.45) is 0. The van der Waals surface area contributed by atoms with Crippen molar-refractivity contribution in [2.24, 2.45) is 0 Å². The second kappa shape index (κ2) is 6.90. The normalized spacial score (nSPS) is 10.0. The van der Waals surface area contributed by atoms with Crippen molar-refractivity contribution in [2.75, 3.05) is 32.5 Å². The minimum absolute atomic E-state index is 0.0102. The lowest BCUT2D eigenvalue weighted by molar-refractivity contribution is -0.384. The first kappa shape index (κ1) is 16.0. The lowest BCUT2D eigenvalue weighted by Crippen LogP contribution is -2.37. The van der Waals surface area contributed by atoms with E-state index in [1.165, 1.54) is 4.90 Å². The summed E-state index contributed by atoms with van der Waals surface area (Å²) in [6, 6.07) is 1.61. The number of rotatable bonds is 5. The Morgan fingerprint density at radius 2 is 2.10 bits per heavy atom. The smallest absolute Gasteiger partial charge is 0.316 e. The second-order valence-corrected chi connectivity index (χ2v) is 4.50. The van der Waals surface area contributed by atoms with E-state index in [0.717, 1.165) is 12.1 Å². The minimum atomic E-state index is -0.753. The average molecular weight is 305 g/mol. The van der Waals surface area contributed by atoms with Crippen molar-refractivity contribution in [3.05, 3.63) is 33.1 Å². The molecule has 0 aromatic heterocycles. The Hall–Kier alpha value is -2.09. The predicted molar refractivity (Wildman–Crippen MR) is 73.6 cm³/mol. The van der Waals surface area contributed by atoms with E-state index in [4.69, 9.17) is 11.6 Å². The SMILES string of the molecule is CN(C)C(=O)NCCNc1cc(F)c(Cl)cc1[N+](=O)[O-]. The molecule has 2 N–H and O–H groups in total. The van der Waals surface area contributed by atoms with Crippen LogP contribution in [-0.4, -0.2) is 43.0 Å². The van der Waals surface area contributed by atoms with E-state index in [2.05, 4.69) is 10.6 Å². The van der Waals surface area contributed by atoms with Crippen LogP contribution in [0.5, 0.6) is 0 Å². The number of amides is 2. The van der Waals surface area contributed by atoms with Gasteiger partial charge in [0.2, 0.25) is 0 Å². The van der Waals surface area contributed by atoms with Gasteiger partial charge in [0, 0.05) is 39.3 Å². The van der Waals surface area contributed by atoms with Crippen molar-refractivity contribution in [3.63, 3.8) is 0 Å². The molecule has 0 heterocycles. The first-order chi connectivity index (χ1) is 9.32. The summed E-state index contributed by atoms with van der Waals surface area (Å²) in [5.41, 5.74) is -0.314. The van der Waals surface area contributed by atoms with E-state index in [9.17, 15) is 19.3 Å². The number of halogens is 2. The van der Waals surface area contributed by atoms with Crippen LogP contribution in [0.2, 0.25) is 5.02 Å². The van der Waals surface area contributed by atoms with Crippen molar-refractivity contribution < 1.29 is 14.1 Å². The predicted octanol–water partition coefficient (Wildman–Crippen LogP) is 2.07. The van der Waals surface area contributed by atoms with Crippen molar-refractivity contribution in [1.82, 2.24) is 10.2 Å². The molecule has 1 rings (SSSR count). The first-order valence-corrected chi connectivity index (χ1v) is 6.03. The Bertz CT molecular complexity index is 525. The highest BCUT2D eigenvalue weighted by molar-refractivity contribution is 6.31. The molecule has 0 atom stereocenters. The number of carbonyl (C=O) groups is 1. The quantitative estimate of drug-likeness (QED) is 0.495. The van der Waals surface area contributed by atoms with Gasteiger partial charge in [0.05, 0.1) is 9.95 Å². The molecule has 1 aromatic rings. The zero-order valence-corrected chi connectivity index (χ0v) is 11.7. The fourth-order valence-corrected chi connectivity index (χ4v) is 1.51. The number of nitrogens with zero attached hydrogens (tertiary/aromatic N) is 2. The van der Waals surface area contributed by atoms with Gasteiger partial charge in [0.15, 0.2) is 0 Å². The number of hydrogen-bond donors (Lipinski definition) is 2. The average Bonchev–Trinajstić information content (AvgIpc) is 2.37. The maximum atomic E-state index is 13.3. The van der Waals surface area contributed by atoms with Crippen LogP contribution in [0.15, 0.2) is 12.1 Å². The number of anilines is 1. The van der Waals surface area contributed by atoms with Gasteiger partial charge >= 0.3 is 6.03 Å². The lowest BCUT2D eigenvalue weighted by atomic mass is 10.2. The Kier molecular flexibility index (Phi) is 5.51. The van der Waals surface area contributed by atoms with E-state index in [1.54, 1.807) is 14.1 Å². The number of nitro benzene ring substituents is 1. The molecule has 110 valence electrons. The fourth-order valence-electron chi connectivity index (χ4n) is 1.35. The van der Waals surface area contributed by atoms with Crippen molar-refractivity contribution in [1.29, 1.82) is 0 Å². The maximum Gasteiger partial charge on any atom is 0.316 e. The van der Waals surface area contributed by atoms with Gasteiger partial charge in [0.25, 0.3) is 5.69 Å². The Labute approximate surface area is 119 Å². The van der Waals surface area contributed by atoms with E-state index >= 15 is 0 Å². The van der Waals surface area contributed by atoms with Gasteiger partial charge in [-0.1, -0.05) is 11.6 Å². The van der Waals surface area contributed by atoms with Crippen molar-refractivity contribution >= 4 is 29.0 Å². The third-order valence-electron chi connectivity index (χ3n) is 2.36. The van der Waals surface area contributed by atoms with Crippen LogP contribution >= 0.6 is 11.6 Å². The molecule has 0 radical (unpaired) electrons. The van der Waals surface area contributed by atoms with Gasteiger partial charge in [-0.25, -0.2) is 9.18 Å². The third kappa shape index (κ3) is 4.23. The zero-order valence-electron chi connectivity index (χ0n) is 10.9. The zero-order chi connectivity index (χ0) is 15.3. The van der Waals surface area contributed by atoms with Crippen LogP contribution in [0.1, 0.15) is 0 Å². The molecular formula is C11H14ClFN4O3. The van der Waals surface area contributed by atoms with E-state index in [1.807, 2.05) is 0 Å². The highest BCUT2D eigenvalue weighted by atomic mass is 35.5. The Morgan fingerprint density at radius 3 is 2.65 bits per heavy atom. The van der Waals surface area contributed by atoms with Crippen LogP contribution in [0, 0.1) is 15.9 Å². The summed E-state index contributed by atoms with van der Waals surface area (Å²) in [4.78, 5) is 22.7. The molecule has 0 fully saturated rings. The lowest BCUT2D eigenvalue weighted by Gasteiger charge is -2.12. The summed E-state index contributed by atoms with van der Waals surface area (Å²) in [6.45, 7) is 0.444. The van der Waals surface area contributed by atoms with Gasteiger partial charge in [-0.15, -0.1) is 0 Å². The molecule has 7 nitrogen and oxygen atoms in total. The van der Waals surface area contributed by atoms with Crippen LogP contribution in [-0.2, 0) is 0 Å². The number of hydrogen-bond acceptors (Lipinski definition) is 4. The molecule has 2 amide bonds. The number of nitrogens with one attached hydrogen (secondary N) is 2. The highest BCUT2D eigenvalue weighted by Crippen LogP contribution is 2.30. The molecule has 0 unspecified atom stereocenters. The number of nitro groups is 1. The van der Waals surface area contributed by atoms with Crippen LogP contribution < -0.4 is 10.6 Å². The molecule has 9 heteroatoms. The third-order valence-corrected chi connectivity index (χ3v) is 2.65. The number of benzene rings is 1. The molecule has 1 aromatic carbocycles. The second-order valence-electron chi connectivity index (χ2n) is 4.09. The largest absolute Gasteiger partial charge is 0.378 e. The molecule has 0 spiro atoms. The Balaban J connectivity index is 2.66. The monoisotopic (exact) mass is 304 g/mol. The van der Waals surface area contributed by atoms with Gasteiger partial charge in [0.1, 0.15) is 11.5 Å². The van der Waals surface area contributed by atoms with Gasteiger partial charge < -0.3 is 15.5 Å². The molecule has 0 aliphatic heterocycles.